The minimum Gasteiger partial charge on any atom is -0.457 e. The maximum atomic E-state index is 13.1. The van der Waals surface area contributed by atoms with Crippen molar-refractivity contribution in [3.05, 3.63) is 59.9 Å². The smallest absolute Gasteiger partial charge is 0.131 e. The number of hydrogen-bond donors (Lipinski definition) is 1. The third-order valence-corrected chi connectivity index (χ3v) is 2.74. The van der Waals surface area contributed by atoms with E-state index in [-0.39, 0.29) is 5.82 Å². The highest BCUT2D eigenvalue weighted by molar-refractivity contribution is 5.37. The van der Waals surface area contributed by atoms with Crippen LogP contribution in [0.15, 0.2) is 48.5 Å². The standard InChI is InChI=1S/C16H18FNO/c1-2-10-18-12-13-6-3-4-9-16(13)19-15-8-5-7-14(17)11-15/h3-9,11,18H,2,10,12H2,1H3. The molecule has 2 aromatic carbocycles. The van der Waals surface area contributed by atoms with Crippen molar-refractivity contribution >= 4 is 0 Å². The van der Waals surface area contributed by atoms with Crippen molar-refractivity contribution in [2.24, 2.45) is 0 Å². The molecule has 0 atom stereocenters. The Morgan fingerprint density at radius 3 is 2.74 bits per heavy atom. The van der Waals surface area contributed by atoms with Crippen molar-refractivity contribution in [3.8, 4) is 11.5 Å². The Morgan fingerprint density at radius 1 is 1.11 bits per heavy atom. The summed E-state index contributed by atoms with van der Waals surface area (Å²) in [6.45, 7) is 3.84. The van der Waals surface area contributed by atoms with Crippen molar-refractivity contribution in [2.45, 2.75) is 19.9 Å². The molecule has 1 N–H and O–H groups in total. The van der Waals surface area contributed by atoms with Gasteiger partial charge in [0, 0.05) is 18.2 Å². The molecule has 0 unspecified atom stereocenters. The van der Waals surface area contributed by atoms with E-state index in [1.165, 1.54) is 12.1 Å². The van der Waals surface area contributed by atoms with Crippen LogP contribution in [-0.2, 0) is 6.54 Å². The molecule has 0 bridgehead atoms. The lowest BCUT2D eigenvalue weighted by Gasteiger charge is -2.11. The Bertz CT molecular complexity index is 528. The van der Waals surface area contributed by atoms with Crippen LogP contribution in [0.5, 0.6) is 11.5 Å². The third-order valence-electron chi connectivity index (χ3n) is 2.74. The molecular formula is C16H18FNO. The maximum absolute atomic E-state index is 13.1. The van der Waals surface area contributed by atoms with Crippen LogP contribution in [0.1, 0.15) is 18.9 Å². The summed E-state index contributed by atoms with van der Waals surface area (Å²) in [6, 6.07) is 14.0. The Hall–Kier alpha value is -1.87. The molecule has 0 aliphatic carbocycles. The number of ether oxygens (including phenoxy) is 1. The van der Waals surface area contributed by atoms with Crippen LogP contribution >= 0.6 is 0 Å². The molecule has 0 saturated carbocycles. The molecular weight excluding hydrogens is 241 g/mol. The van der Waals surface area contributed by atoms with Crippen LogP contribution in [0.4, 0.5) is 4.39 Å². The van der Waals surface area contributed by atoms with Gasteiger partial charge in [0.2, 0.25) is 0 Å². The van der Waals surface area contributed by atoms with Crippen molar-refractivity contribution in [3.63, 3.8) is 0 Å². The molecule has 2 nitrogen and oxygen atoms in total. The highest BCUT2D eigenvalue weighted by Gasteiger charge is 2.04. The largest absolute Gasteiger partial charge is 0.457 e. The number of hydrogen-bond acceptors (Lipinski definition) is 2. The molecule has 3 heteroatoms. The minimum atomic E-state index is -0.293. The second-order valence-corrected chi connectivity index (χ2v) is 4.34. The van der Waals surface area contributed by atoms with Gasteiger partial charge in [-0.1, -0.05) is 31.2 Å². The lowest BCUT2D eigenvalue weighted by atomic mass is 10.2. The molecule has 0 radical (unpaired) electrons. The lowest BCUT2D eigenvalue weighted by molar-refractivity contribution is 0.467. The quantitative estimate of drug-likeness (QED) is 0.788. The van der Waals surface area contributed by atoms with E-state index in [9.17, 15) is 4.39 Å². The fraction of sp³-hybridized carbons (Fsp3) is 0.250. The summed E-state index contributed by atoms with van der Waals surface area (Å²) < 4.78 is 18.9. The summed E-state index contributed by atoms with van der Waals surface area (Å²) in [7, 11) is 0. The van der Waals surface area contributed by atoms with Crippen LogP contribution in [0.25, 0.3) is 0 Å². The third kappa shape index (κ3) is 4.07. The molecule has 19 heavy (non-hydrogen) atoms. The van der Waals surface area contributed by atoms with Gasteiger partial charge in [0.05, 0.1) is 0 Å². The van der Waals surface area contributed by atoms with Crippen molar-refractivity contribution < 1.29 is 9.13 Å². The molecule has 0 heterocycles. The van der Waals surface area contributed by atoms with Crippen LogP contribution < -0.4 is 10.1 Å². The van der Waals surface area contributed by atoms with Gasteiger partial charge in [-0.25, -0.2) is 4.39 Å². The summed E-state index contributed by atoms with van der Waals surface area (Å²) in [4.78, 5) is 0. The van der Waals surface area contributed by atoms with Gasteiger partial charge in [-0.2, -0.15) is 0 Å². The zero-order valence-electron chi connectivity index (χ0n) is 11.0. The first-order valence-electron chi connectivity index (χ1n) is 6.51. The van der Waals surface area contributed by atoms with Gasteiger partial charge in [-0.05, 0) is 31.2 Å². The zero-order valence-corrected chi connectivity index (χ0v) is 11.0. The van der Waals surface area contributed by atoms with Gasteiger partial charge in [-0.15, -0.1) is 0 Å². The SMILES string of the molecule is CCCNCc1ccccc1Oc1cccc(F)c1. The first kappa shape index (κ1) is 13.6. The average Bonchev–Trinajstić information content (AvgIpc) is 2.41. The van der Waals surface area contributed by atoms with Gasteiger partial charge in [0.1, 0.15) is 17.3 Å². The van der Waals surface area contributed by atoms with Crippen molar-refractivity contribution in [1.82, 2.24) is 5.32 Å². The predicted molar refractivity (Wildman–Crippen MR) is 74.9 cm³/mol. The summed E-state index contributed by atoms with van der Waals surface area (Å²) in [5.41, 5.74) is 1.07. The molecule has 0 amide bonds. The van der Waals surface area contributed by atoms with Crippen LogP contribution in [0, 0.1) is 5.82 Å². The molecule has 100 valence electrons. The number of rotatable bonds is 6. The first-order chi connectivity index (χ1) is 9.29. The number of halogens is 1. The van der Waals surface area contributed by atoms with Gasteiger partial charge in [-0.3, -0.25) is 0 Å². The molecule has 0 aliphatic heterocycles. The number of para-hydroxylation sites is 1. The van der Waals surface area contributed by atoms with Gasteiger partial charge in [0.15, 0.2) is 0 Å². The summed E-state index contributed by atoms with van der Waals surface area (Å²) in [5.74, 6) is 0.985. The first-order valence-corrected chi connectivity index (χ1v) is 6.51. The Kier molecular flexibility index (Phi) is 4.93. The molecule has 0 fully saturated rings. The van der Waals surface area contributed by atoms with E-state index in [0.29, 0.717) is 5.75 Å². The van der Waals surface area contributed by atoms with E-state index >= 15 is 0 Å². The molecule has 0 spiro atoms. The van der Waals surface area contributed by atoms with E-state index in [2.05, 4.69) is 12.2 Å². The molecule has 2 rings (SSSR count). The second-order valence-electron chi connectivity index (χ2n) is 4.34. The van der Waals surface area contributed by atoms with Crippen LogP contribution in [-0.4, -0.2) is 6.54 Å². The summed E-state index contributed by atoms with van der Waals surface area (Å²) >= 11 is 0. The number of benzene rings is 2. The predicted octanol–water partition coefficient (Wildman–Crippen LogP) is 4.12. The summed E-state index contributed by atoms with van der Waals surface area (Å²) in [5, 5.41) is 3.33. The van der Waals surface area contributed by atoms with Crippen molar-refractivity contribution in [1.29, 1.82) is 0 Å². The average molecular weight is 259 g/mol. The second kappa shape index (κ2) is 6.90. The fourth-order valence-corrected chi connectivity index (χ4v) is 1.81. The maximum Gasteiger partial charge on any atom is 0.131 e. The Labute approximate surface area is 113 Å². The van der Waals surface area contributed by atoms with E-state index in [4.69, 9.17) is 4.74 Å². The normalized spacial score (nSPS) is 10.4. The molecule has 0 saturated heterocycles. The zero-order chi connectivity index (χ0) is 13.5. The van der Waals surface area contributed by atoms with Gasteiger partial charge >= 0.3 is 0 Å². The monoisotopic (exact) mass is 259 g/mol. The highest BCUT2D eigenvalue weighted by atomic mass is 19.1. The van der Waals surface area contributed by atoms with E-state index in [1.54, 1.807) is 12.1 Å². The van der Waals surface area contributed by atoms with E-state index in [0.717, 1.165) is 30.8 Å². The van der Waals surface area contributed by atoms with E-state index in [1.807, 2.05) is 24.3 Å². The fourth-order valence-electron chi connectivity index (χ4n) is 1.81. The van der Waals surface area contributed by atoms with Gasteiger partial charge < -0.3 is 10.1 Å². The van der Waals surface area contributed by atoms with Gasteiger partial charge in [0.25, 0.3) is 0 Å². The Balaban J connectivity index is 2.11. The van der Waals surface area contributed by atoms with Crippen LogP contribution in [0.2, 0.25) is 0 Å². The van der Waals surface area contributed by atoms with Crippen LogP contribution in [0.3, 0.4) is 0 Å². The molecule has 0 aliphatic rings. The van der Waals surface area contributed by atoms with E-state index < -0.39 is 0 Å². The van der Waals surface area contributed by atoms with Crippen molar-refractivity contribution in [2.75, 3.05) is 6.54 Å². The number of nitrogens with one attached hydrogen (secondary N) is 1. The highest BCUT2D eigenvalue weighted by Crippen LogP contribution is 2.25. The molecule has 2 aromatic rings. The molecule has 0 aromatic heterocycles. The summed E-state index contributed by atoms with van der Waals surface area (Å²) in [6.07, 6.45) is 1.09. The minimum absolute atomic E-state index is 0.293. The topological polar surface area (TPSA) is 21.3 Å². The lowest BCUT2D eigenvalue weighted by Crippen LogP contribution is -2.14. The Morgan fingerprint density at radius 2 is 1.95 bits per heavy atom.